The van der Waals surface area contributed by atoms with E-state index in [0.29, 0.717) is 50.8 Å². The molecule has 3 heterocycles. The SMILES string of the molecule is COc1ccccc1-c1ccc(C(=O)N2CCN(C/C=C/c3ccccc3)CC2)c(N(C)CC2COCCO2)n1. The third-order valence-electron chi connectivity index (χ3n) is 7.35. The van der Waals surface area contributed by atoms with Crippen molar-refractivity contribution < 1.29 is 19.0 Å². The van der Waals surface area contributed by atoms with Crippen molar-refractivity contribution >= 4 is 17.8 Å². The van der Waals surface area contributed by atoms with E-state index in [4.69, 9.17) is 19.2 Å². The molecule has 40 heavy (non-hydrogen) atoms. The Bertz CT molecular complexity index is 1290. The zero-order valence-electron chi connectivity index (χ0n) is 23.4. The fraction of sp³-hybridized carbons (Fsp3) is 0.375. The van der Waals surface area contributed by atoms with E-state index < -0.39 is 0 Å². The molecule has 0 saturated carbocycles. The average Bonchev–Trinajstić information content (AvgIpc) is 3.02. The highest BCUT2D eigenvalue weighted by molar-refractivity contribution is 5.99. The van der Waals surface area contributed by atoms with Gasteiger partial charge in [-0.3, -0.25) is 9.69 Å². The molecule has 2 fully saturated rings. The van der Waals surface area contributed by atoms with Crippen LogP contribution in [0.3, 0.4) is 0 Å². The van der Waals surface area contributed by atoms with Gasteiger partial charge < -0.3 is 24.0 Å². The number of aromatic nitrogens is 1. The van der Waals surface area contributed by atoms with Crippen molar-refractivity contribution in [3.05, 3.63) is 83.9 Å². The number of carbonyl (C=O) groups is 1. The molecule has 0 spiro atoms. The van der Waals surface area contributed by atoms with Crippen LogP contribution >= 0.6 is 0 Å². The van der Waals surface area contributed by atoms with E-state index >= 15 is 0 Å². The van der Waals surface area contributed by atoms with Crippen LogP contribution in [0, 0.1) is 0 Å². The minimum atomic E-state index is -0.0779. The van der Waals surface area contributed by atoms with Crippen LogP contribution in [0.4, 0.5) is 5.82 Å². The molecule has 2 aliphatic rings. The molecule has 0 radical (unpaired) electrons. The maximum Gasteiger partial charge on any atom is 0.257 e. The van der Waals surface area contributed by atoms with Crippen molar-refractivity contribution in [2.75, 3.05) is 78.1 Å². The molecule has 8 nitrogen and oxygen atoms in total. The maximum absolute atomic E-state index is 13.8. The minimum absolute atomic E-state index is 0.00113. The second-order valence-corrected chi connectivity index (χ2v) is 10.1. The summed E-state index contributed by atoms with van der Waals surface area (Å²) in [6, 6.07) is 21.9. The number of para-hydroxylation sites is 1. The summed E-state index contributed by atoms with van der Waals surface area (Å²) < 4.78 is 17.1. The largest absolute Gasteiger partial charge is 0.496 e. The van der Waals surface area contributed by atoms with Gasteiger partial charge in [0.15, 0.2) is 0 Å². The molecule has 8 heteroatoms. The number of anilines is 1. The van der Waals surface area contributed by atoms with Gasteiger partial charge in [0.1, 0.15) is 11.6 Å². The lowest BCUT2D eigenvalue weighted by molar-refractivity contribution is -0.0837. The molecule has 3 aromatic rings. The van der Waals surface area contributed by atoms with Crippen LogP contribution in [0.1, 0.15) is 15.9 Å². The lowest BCUT2D eigenvalue weighted by Crippen LogP contribution is -2.49. The van der Waals surface area contributed by atoms with Gasteiger partial charge in [0, 0.05) is 51.9 Å². The Labute approximate surface area is 236 Å². The molecule has 2 saturated heterocycles. The van der Waals surface area contributed by atoms with Crippen LogP contribution in [0.5, 0.6) is 5.75 Å². The number of carbonyl (C=O) groups excluding carboxylic acids is 1. The molecule has 5 rings (SSSR count). The lowest BCUT2D eigenvalue weighted by Gasteiger charge is -2.35. The normalized spacial score (nSPS) is 18.1. The second kappa shape index (κ2) is 13.6. The fourth-order valence-electron chi connectivity index (χ4n) is 5.15. The van der Waals surface area contributed by atoms with Crippen molar-refractivity contribution in [1.82, 2.24) is 14.8 Å². The van der Waals surface area contributed by atoms with Gasteiger partial charge in [-0.25, -0.2) is 4.98 Å². The monoisotopic (exact) mass is 542 g/mol. The van der Waals surface area contributed by atoms with Crippen molar-refractivity contribution in [2.24, 2.45) is 0 Å². The van der Waals surface area contributed by atoms with Gasteiger partial charge >= 0.3 is 0 Å². The average molecular weight is 543 g/mol. The summed E-state index contributed by atoms with van der Waals surface area (Å²) in [5.41, 5.74) is 3.43. The Morgan fingerprint density at radius 2 is 1.80 bits per heavy atom. The molecule has 210 valence electrons. The van der Waals surface area contributed by atoms with Crippen LogP contribution in [0.25, 0.3) is 17.3 Å². The number of rotatable bonds is 9. The van der Waals surface area contributed by atoms with Crippen LogP contribution in [-0.2, 0) is 9.47 Å². The summed E-state index contributed by atoms with van der Waals surface area (Å²) in [5, 5.41) is 0. The van der Waals surface area contributed by atoms with E-state index in [0.717, 1.165) is 36.6 Å². The third-order valence-corrected chi connectivity index (χ3v) is 7.35. The molecule has 2 aliphatic heterocycles. The van der Waals surface area contributed by atoms with Crippen molar-refractivity contribution in [1.29, 1.82) is 0 Å². The van der Waals surface area contributed by atoms with Gasteiger partial charge in [0.25, 0.3) is 5.91 Å². The van der Waals surface area contributed by atoms with Gasteiger partial charge in [0.05, 0.1) is 44.3 Å². The maximum atomic E-state index is 13.8. The number of piperazine rings is 1. The standard InChI is InChI=1S/C32H38N4O4/c1-34(23-26-24-39-21-22-40-26)31-28(14-15-29(33-31)27-12-6-7-13-30(27)38-2)32(37)36-19-17-35(18-20-36)16-8-11-25-9-4-3-5-10-25/h3-15,26H,16-24H2,1-2H3/b11-8+. The van der Waals surface area contributed by atoms with Crippen LogP contribution in [-0.4, -0.2) is 100 Å². The van der Waals surface area contributed by atoms with Crippen molar-refractivity contribution in [3.8, 4) is 17.0 Å². The zero-order chi connectivity index (χ0) is 27.7. The molecule has 1 aromatic heterocycles. The van der Waals surface area contributed by atoms with E-state index in [1.165, 1.54) is 5.56 Å². The quantitative estimate of drug-likeness (QED) is 0.404. The highest BCUT2D eigenvalue weighted by Gasteiger charge is 2.27. The zero-order valence-corrected chi connectivity index (χ0v) is 23.4. The number of hydrogen-bond donors (Lipinski definition) is 0. The second-order valence-electron chi connectivity index (χ2n) is 10.1. The molecule has 2 aromatic carbocycles. The first-order valence-corrected chi connectivity index (χ1v) is 13.9. The summed E-state index contributed by atoms with van der Waals surface area (Å²) in [7, 11) is 3.61. The minimum Gasteiger partial charge on any atom is -0.496 e. The molecule has 0 N–H and O–H groups in total. The Morgan fingerprint density at radius 1 is 1.02 bits per heavy atom. The van der Waals surface area contributed by atoms with E-state index in [1.54, 1.807) is 7.11 Å². The Morgan fingerprint density at radius 3 is 2.55 bits per heavy atom. The Balaban J connectivity index is 1.31. The predicted octanol–water partition coefficient (Wildman–Crippen LogP) is 4.08. The number of hydrogen-bond acceptors (Lipinski definition) is 7. The number of ether oxygens (including phenoxy) is 3. The van der Waals surface area contributed by atoms with Gasteiger partial charge in [-0.15, -0.1) is 0 Å². The highest BCUT2D eigenvalue weighted by Crippen LogP contribution is 2.31. The summed E-state index contributed by atoms with van der Waals surface area (Å²) in [6.07, 6.45) is 4.26. The molecule has 1 amide bonds. The number of amides is 1. The molecular formula is C32H38N4O4. The van der Waals surface area contributed by atoms with Crippen LogP contribution < -0.4 is 9.64 Å². The molecule has 1 unspecified atom stereocenters. The number of nitrogens with zero attached hydrogens (tertiary/aromatic N) is 4. The summed E-state index contributed by atoms with van der Waals surface area (Å²) >= 11 is 0. The summed E-state index contributed by atoms with van der Waals surface area (Å²) in [4.78, 5) is 25.2. The predicted molar refractivity (Wildman–Crippen MR) is 158 cm³/mol. The smallest absolute Gasteiger partial charge is 0.257 e. The highest BCUT2D eigenvalue weighted by atomic mass is 16.6. The lowest BCUT2D eigenvalue weighted by atomic mass is 10.1. The summed E-state index contributed by atoms with van der Waals surface area (Å²) in [5.74, 6) is 1.38. The molecule has 0 bridgehead atoms. The van der Waals surface area contributed by atoms with Crippen LogP contribution in [0.2, 0.25) is 0 Å². The van der Waals surface area contributed by atoms with Gasteiger partial charge in [-0.1, -0.05) is 54.6 Å². The number of likely N-dealkylation sites (N-methyl/N-ethyl adjacent to an activating group) is 1. The Hall–Kier alpha value is -3.72. The Kier molecular flexibility index (Phi) is 9.44. The number of pyridine rings is 1. The van der Waals surface area contributed by atoms with E-state index in [9.17, 15) is 4.79 Å². The molecule has 0 aliphatic carbocycles. The first-order chi connectivity index (χ1) is 19.6. The number of benzene rings is 2. The van der Waals surface area contributed by atoms with Gasteiger partial charge in [-0.2, -0.15) is 0 Å². The molecule has 1 atom stereocenters. The first-order valence-electron chi connectivity index (χ1n) is 13.9. The van der Waals surface area contributed by atoms with Gasteiger partial charge in [-0.05, 0) is 29.8 Å². The van der Waals surface area contributed by atoms with E-state index in [1.807, 2.05) is 71.4 Å². The summed E-state index contributed by atoms with van der Waals surface area (Å²) in [6.45, 7) is 6.16. The van der Waals surface area contributed by atoms with Crippen LogP contribution in [0.15, 0.2) is 72.8 Å². The third kappa shape index (κ3) is 6.88. The topological polar surface area (TPSA) is 67.4 Å². The van der Waals surface area contributed by atoms with Gasteiger partial charge in [0.2, 0.25) is 0 Å². The van der Waals surface area contributed by atoms with Crippen molar-refractivity contribution in [2.45, 2.75) is 6.10 Å². The fourth-order valence-corrected chi connectivity index (χ4v) is 5.15. The van der Waals surface area contributed by atoms with E-state index in [-0.39, 0.29) is 12.0 Å². The molecular weight excluding hydrogens is 504 g/mol. The first kappa shape index (κ1) is 27.8. The van der Waals surface area contributed by atoms with Crippen molar-refractivity contribution in [3.63, 3.8) is 0 Å². The van der Waals surface area contributed by atoms with E-state index in [2.05, 4.69) is 29.2 Å². The number of methoxy groups -OCH3 is 1.